The summed E-state index contributed by atoms with van der Waals surface area (Å²) in [7, 11) is -4.13. The van der Waals surface area contributed by atoms with Crippen LogP contribution in [0.3, 0.4) is 0 Å². The summed E-state index contributed by atoms with van der Waals surface area (Å²) in [5, 5.41) is 0. The molecule has 162 valence electrons. The van der Waals surface area contributed by atoms with Crippen LogP contribution in [0.4, 0.5) is 0 Å². The number of nitrogens with one attached hydrogen (secondary N) is 1. The van der Waals surface area contributed by atoms with Crippen LogP contribution in [0, 0.1) is 0 Å². The van der Waals surface area contributed by atoms with Gasteiger partial charge in [-0.15, -0.1) is 0 Å². The van der Waals surface area contributed by atoms with Crippen molar-refractivity contribution >= 4 is 23.9 Å². The first-order valence-electron chi connectivity index (χ1n) is 10.4. The molecule has 0 aromatic heterocycles. The van der Waals surface area contributed by atoms with Gasteiger partial charge < -0.3 is 4.89 Å². The van der Waals surface area contributed by atoms with Crippen LogP contribution in [0.15, 0.2) is 91.0 Å². The van der Waals surface area contributed by atoms with Gasteiger partial charge in [0.15, 0.2) is 0 Å². The van der Waals surface area contributed by atoms with Crippen LogP contribution in [0.25, 0.3) is 0 Å². The van der Waals surface area contributed by atoms with E-state index in [9.17, 15) is 9.46 Å². The predicted octanol–water partition coefficient (Wildman–Crippen LogP) is 5.78. The zero-order valence-electron chi connectivity index (χ0n) is 17.1. The normalized spacial score (nSPS) is 17.9. The quantitative estimate of drug-likeness (QED) is 0.303. The first-order valence-corrected chi connectivity index (χ1v) is 12.7. The van der Waals surface area contributed by atoms with Crippen molar-refractivity contribution in [2.75, 3.05) is 13.1 Å². The van der Waals surface area contributed by atoms with Crippen molar-refractivity contribution in [3.63, 3.8) is 0 Å². The molecule has 4 rings (SSSR count). The first-order chi connectivity index (χ1) is 15.1. The van der Waals surface area contributed by atoms with E-state index in [2.05, 4.69) is 49.4 Å². The molecule has 5 nitrogen and oxygen atoms in total. The van der Waals surface area contributed by atoms with Crippen LogP contribution in [-0.4, -0.2) is 22.9 Å². The molecule has 0 bridgehead atoms. The van der Waals surface area contributed by atoms with Gasteiger partial charge in [-0.05, 0) is 42.6 Å². The fraction of sp³-hybridized carbons (Fsp3) is 0.250. The predicted molar refractivity (Wildman–Crippen MR) is 127 cm³/mol. The third-order valence-corrected chi connectivity index (χ3v) is 7.92. The highest BCUT2D eigenvalue weighted by Crippen LogP contribution is 2.55. The zero-order chi connectivity index (χ0) is 21.7. The van der Waals surface area contributed by atoms with Crippen LogP contribution < -0.4 is 4.11 Å². The van der Waals surface area contributed by atoms with E-state index in [0.29, 0.717) is 0 Å². The summed E-state index contributed by atoms with van der Waals surface area (Å²) in [6.07, 6.45) is 1.39. The molecule has 0 aliphatic carbocycles. The minimum Gasteiger partial charge on any atom is -0.312 e. The molecule has 0 spiro atoms. The van der Waals surface area contributed by atoms with Gasteiger partial charge in [-0.3, -0.25) is 9.42 Å². The molecule has 7 heteroatoms. The highest BCUT2D eigenvalue weighted by molar-refractivity contribution is 9.08. The average Bonchev–Trinajstić information content (AvgIpc) is 3.36. The van der Waals surface area contributed by atoms with Crippen molar-refractivity contribution in [1.82, 2.24) is 9.01 Å². The van der Waals surface area contributed by atoms with Crippen LogP contribution >= 0.6 is 23.9 Å². The summed E-state index contributed by atoms with van der Waals surface area (Å²) >= 11 is 2.93. The Morgan fingerprint density at radius 1 is 0.871 bits per heavy atom. The minimum absolute atomic E-state index is 0.738. The highest BCUT2D eigenvalue weighted by Gasteiger charge is 2.51. The Bertz CT molecular complexity index is 975. The fourth-order valence-electron chi connectivity index (χ4n) is 4.62. The molecular formula is C24H26BrN2O3P. The van der Waals surface area contributed by atoms with E-state index >= 15 is 0 Å². The molecule has 0 saturated carbocycles. The molecule has 3 aromatic rings. The second-order valence-corrected chi connectivity index (χ2v) is 10.2. The number of rotatable bonds is 8. The maximum atomic E-state index is 12.8. The number of likely N-dealkylation sites (tertiary alicyclic amines) is 1. The Morgan fingerprint density at radius 3 is 1.77 bits per heavy atom. The zero-order valence-corrected chi connectivity index (χ0v) is 19.6. The summed E-state index contributed by atoms with van der Waals surface area (Å²) in [6.45, 7) is 1.74. The van der Waals surface area contributed by atoms with Crippen LogP contribution in [0.2, 0.25) is 0 Å². The van der Waals surface area contributed by atoms with Gasteiger partial charge in [-0.25, -0.2) is 4.57 Å². The Morgan fingerprint density at radius 2 is 1.32 bits per heavy atom. The van der Waals surface area contributed by atoms with Crippen molar-refractivity contribution in [2.24, 2.45) is 0 Å². The summed E-state index contributed by atoms with van der Waals surface area (Å²) in [6, 6.07) is 30.0. The second kappa shape index (κ2) is 9.78. The minimum atomic E-state index is -4.13. The van der Waals surface area contributed by atoms with Crippen molar-refractivity contribution < 1.29 is 14.0 Å². The smallest absolute Gasteiger partial charge is 0.312 e. The summed E-state index contributed by atoms with van der Waals surface area (Å²) < 4.78 is 21.2. The van der Waals surface area contributed by atoms with Crippen molar-refractivity contribution in [2.45, 2.75) is 24.5 Å². The lowest BCUT2D eigenvalue weighted by Crippen LogP contribution is -2.50. The van der Waals surface area contributed by atoms with Gasteiger partial charge in [0.05, 0.1) is 0 Å². The average molecular weight is 501 g/mol. The molecule has 0 amide bonds. The third-order valence-electron chi connectivity index (χ3n) is 5.87. The number of nitrogens with zero attached hydrogens (tertiary/aromatic N) is 1. The molecule has 1 saturated heterocycles. The van der Waals surface area contributed by atoms with Gasteiger partial charge in [-0.2, -0.15) is 4.11 Å². The number of benzene rings is 3. The van der Waals surface area contributed by atoms with Gasteiger partial charge in [0.25, 0.3) is 0 Å². The van der Waals surface area contributed by atoms with E-state index in [1.165, 1.54) is 0 Å². The van der Waals surface area contributed by atoms with E-state index in [1.807, 2.05) is 66.7 Å². The Labute approximate surface area is 192 Å². The lowest BCUT2D eigenvalue weighted by Gasteiger charge is -2.48. The van der Waals surface area contributed by atoms with Crippen LogP contribution in [0.5, 0.6) is 0 Å². The van der Waals surface area contributed by atoms with E-state index in [1.54, 1.807) is 0 Å². The number of hydrogen-bond donors (Lipinski definition) is 2. The molecule has 2 atom stereocenters. The van der Waals surface area contributed by atoms with Crippen molar-refractivity contribution in [3.8, 4) is 0 Å². The third kappa shape index (κ3) is 4.56. The molecule has 0 radical (unpaired) electrons. The molecular weight excluding hydrogens is 475 g/mol. The first kappa shape index (κ1) is 22.4. The lowest BCUT2D eigenvalue weighted by molar-refractivity contribution is 0.0104. The maximum absolute atomic E-state index is 12.8. The topological polar surface area (TPSA) is 61.8 Å². The Hall–Kier alpha value is -1.79. The summed E-state index contributed by atoms with van der Waals surface area (Å²) in [4.78, 5) is 12.9. The van der Waals surface area contributed by atoms with Crippen LogP contribution in [0.1, 0.15) is 35.6 Å². The maximum Gasteiger partial charge on any atom is 0.413 e. The molecule has 2 N–H and O–H groups in total. The van der Waals surface area contributed by atoms with Gasteiger partial charge >= 0.3 is 7.75 Å². The van der Waals surface area contributed by atoms with Crippen molar-refractivity contribution in [3.05, 3.63) is 108 Å². The van der Waals surface area contributed by atoms with Gasteiger partial charge in [-0.1, -0.05) is 91.0 Å². The van der Waals surface area contributed by atoms with E-state index in [4.69, 9.17) is 4.52 Å². The van der Waals surface area contributed by atoms with Gasteiger partial charge in [0.2, 0.25) is 0 Å². The molecule has 1 aliphatic rings. The second-order valence-electron chi connectivity index (χ2n) is 7.69. The summed E-state index contributed by atoms with van der Waals surface area (Å²) in [5.41, 5.74) is 2.08. The number of halogens is 1. The van der Waals surface area contributed by atoms with E-state index < -0.39 is 19.4 Å². The molecule has 31 heavy (non-hydrogen) atoms. The Kier molecular flexibility index (Phi) is 7.07. The Balaban J connectivity index is 2.04. The van der Waals surface area contributed by atoms with E-state index in [-0.39, 0.29) is 0 Å². The SMILES string of the molecule is O=P(O)(NBr)OC(c1ccccc1)C(c1ccccc1)(c1ccccc1)N1CCCC1. The molecule has 1 fully saturated rings. The standard InChI is InChI=1S/C24H26BrN2O3P/c25-26-31(28,29)30-23(20-12-4-1-5-13-20)24(27-18-10-11-19-27,21-14-6-2-7-15-21)22-16-8-3-9-17-22/h1-9,12-17,23H,10-11,18-19H2,(H2,26,28,29). The number of hydrogen-bond acceptors (Lipinski definition) is 3. The van der Waals surface area contributed by atoms with Gasteiger partial charge in [0, 0.05) is 16.1 Å². The largest absolute Gasteiger partial charge is 0.413 e. The van der Waals surface area contributed by atoms with Crippen LogP contribution in [-0.2, 0) is 14.6 Å². The molecule has 1 heterocycles. The highest BCUT2D eigenvalue weighted by atomic mass is 79.9. The van der Waals surface area contributed by atoms with E-state index in [0.717, 1.165) is 42.6 Å². The lowest BCUT2D eigenvalue weighted by atomic mass is 9.74. The molecule has 1 aliphatic heterocycles. The molecule has 2 unspecified atom stereocenters. The fourth-order valence-corrected chi connectivity index (χ4v) is 5.47. The molecule has 3 aromatic carbocycles. The van der Waals surface area contributed by atoms with Gasteiger partial charge in [0.1, 0.15) is 11.6 Å². The monoisotopic (exact) mass is 500 g/mol. The van der Waals surface area contributed by atoms with Crippen molar-refractivity contribution in [1.29, 1.82) is 0 Å². The summed E-state index contributed by atoms with van der Waals surface area (Å²) in [5.74, 6) is 0.